The van der Waals surface area contributed by atoms with E-state index in [0.29, 0.717) is 49.6 Å². The van der Waals surface area contributed by atoms with Gasteiger partial charge in [0.25, 0.3) is 15.9 Å². The van der Waals surface area contributed by atoms with Gasteiger partial charge >= 0.3 is 6.09 Å². The maximum atomic E-state index is 13.2. The third-order valence-corrected chi connectivity index (χ3v) is 8.21. The Bertz CT molecular complexity index is 1430. The molecule has 2 aromatic carbocycles. The summed E-state index contributed by atoms with van der Waals surface area (Å²) >= 11 is 0. The number of rotatable bonds is 5. The molecule has 40 heavy (non-hydrogen) atoms. The molecular weight excluding hydrogens is 532 g/mol. The van der Waals surface area contributed by atoms with Gasteiger partial charge in [-0.2, -0.15) is 0 Å². The summed E-state index contributed by atoms with van der Waals surface area (Å²) in [6.07, 6.45) is 2.62. The van der Waals surface area contributed by atoms with Crippen molar-refractivity contribution in [2.45, 2.75) is 50.7 Å². The van der Waals surface area contributed by atoms with Gasteiger partial charge in [-0.15, -0.1) is 0 Å². The standard InChI is InChI=1S/C27H30N4O6S.C2H6.H2/c1-19-17-30(27(33)37-23-7-4-16-36-18-23)14-15-31(19)26(32)21-9-11-22(12-10-21)29-38(34,35)24-8-2-5-20-6-3-13-28-25(20)24;1-2;/h2-3,5-6,8-13,19,23,29H,4,7,14-18H2,1H3;1-2H3;1H/t19-,23-;;/m1../s1. The number of hydrogen-bond donors (Lipinski definition) is 1. The van der Waals surface area contributed by atoms with Crippen LogP contribution in [0.2, 0.25) is 0 Å². The predicted octanol–water partition coefficient (Wildman–Crippen LogP) is 4.77. The number of aromatic nitrogens is 1. The molecule has 10 nitrogen and oxygen atoms in total. The van der Waals surface area contributed by atoms with Crippen LogP contribution < -0.4 is 4.72 Å². The van der Waals surface area contributed by atoms with Crippen LogP contribution in [0.3, 0.4) is 0 Å². The molecule has 2 aliphatic rings. The number of hydrogen-bond acceptors (Lipinski definition) is 7. The van der Waals surface area contributed by atoms with Gasteiger partial charge in [-0.25, -0.2) is 13.2 Å². The highest BCUT2D eigenvalue weighted by atomic mass is 32.2. The lowest BCUT2D eigenvalue weighted by Crippen LogP contribution is -2.56. The molecule has 0 radical (unpaired) electrons. The highest BCUT2D eigenvalue weighted by molar-refractivity contribution is 7.93. The van der Waals surface area contributed by atoms with Gasteiger partial charge in [0.05, 0.1) is 12.1 Å². The Hall–Kier alpha value is -3.70. The van der Waals surface area contributed by atoms with E-state index in [4.69, 9.17) is 9.47 Å². The van der Waals surface area contributed by atoms with E-state index in [1.165, 1.54) is 6.07 Å². The summed E-state index contributed by atoms with van der Waals surface area (Å²) in [4.78, 5) is 33.4. The summed E-state index contributed by atoms with van der Waals surface area (Å²) in [7, 11) is -3.89. The van der Waals surface area contributed by atoms with Gasteiger partial charge in [0, 0.05) is 56.5 Å². The third-order valence-electron chi connectivity index (χ3n) is 6.80. The van der Waals surface area contributed by atoms with Crippen molar-refractivity contribution in [3.05, 3.63) is 66.4 Å². The van der Waals surface area contributed by atoms with Crippen molar-refractivity contribution < 1.29 is 28.9 Å². The minimum atomic E-state index is -3.89. The number of para-hydroxylation sites is 1. The molecule has 2 saturated heterocycles. The van der Waals surface area contributed by atoms with Crippen molar-refractivity contribution in [2.75, 3.05) is 37.6 Å². The zero-order valence-corrected chi connectivity index (χ0v) is 23.9. The Morgan fingerprint density at radius 2 is 1.82 bits per heavy atom. The number of benzene rings is 2. The molecule has 216 valence electrons. The van der Waals surface area contributed by atoms with Gasteiger partial charge < -0.3 is 19.3 Å². The number of fused-ring (bicyclic) bond motifs is 1. The number of carbonyl (C=O) groups excluding carboxylic acids is 2. The zero-order valence-electron chi connectivity index (χ0n) is 23.1. The van der Waals surface area contributed by atoms with E-state index < -0.39 is 10.0 Å². The molecule has 0 unspecified atom stereocenters. The van der Waals surface area contributed by atoms with Crippen LogP contribution in [0.15, 0.2) is 65.7 Å². The van der Waals surface area contributed by atoms with Crippen LogP contribution in [0, 0.1) is 0 Å². The van der Waals surface area contributed by atoms with Gasteiger partial charge in [0.15, 0.2) is 0 Å². The number of sulfonamides is 1. The smallest absolute Gasteiger partial charge is 0.410 e. The quantitative estimate of drug-likeness (QED) is 0.469. The summed E-state index contributed by atoms with van der Waals surface area (Å²) in [5.41, 5.74) is 1.15. The molecule has 2 fully saturated rings. The number of pyridine rings is 1. The van der Waals surface area contributed by atoms with E-state index in [1.54, 1.807) is 64.5 Å². The second-order valence-electron chi connectivity index (χ2n) is 9.53. The van der Waals surface area contributed by atoms with E-state index in [2.05, 4.69) is 9.71 Å². The molecule has 1 N–H and O–H groups in total. The van der Waals surface area contributed by atoms with Gasteiger partial charge in [0.2, 0.25) is 0 Å². The molecule has 3 aromatic rings. The second kappa shape index (κ2) is 13.1. The SMILES string of the molecule is CC.C[C@@H]1CN(C(=O)O[C@@H]2CCCOC2)CCN1C(=O)c1ccc(NS(=O)(=O)c2cccc3cccnc23)cc1.[HH]. The molecule has 0 aliphatic carbocycles. The van der Waals surface area contributed by atoms with Crippen LogP contribution in [0.1, 0.15) is 45.4 Å². The van der Waals surface area contributed by atoms with Crippen LogP contribution in [-0.2, 0) is 19.5 Å². The van der Waals surface area contributed by atoms with Crippen molar-refractivity contribution >= 4 is 38.6 Å². The molecule has 3 heterocycles. The average molecular weight is 571 g/mol. The van der Waals surface area contributed by atoms with Crippen LogP contribution in [0.4, 0.5) is 10.5 Å². The van der Waals surface area contributed by atoms with Gasteiger partial charge in [-0.05, 0) is 56.2 Å². The van der Waals surface area contributed by atoms with E-state index in [9.17, 15) is 18.0 Å². The van der Waals surface area contributed by atoms with Crippen LogP contribution in [-0.4, -0.2) is 80.2 Å². The molecule has 2 atom stereocenters. The molecule has 2 aliphatic heterocycles. The summed E-state index contributed by atoms with van der Waals surface area (Å²) < 4.78 is 39.6. The number of anilines is 1. The summed E-state index contributed by atoms with van der Waals surface area (Å²) in [5.74, 6) is -0.182. The van der Waals surface area contributed by atoms with E-state index >= 15 is 0 Å². The predicted molar refractivity (Wildman–Crippen MR) is 155 cm³/mol. The highest BCUT2D eigenvalue weighted by Gasteiger charge is 2.32. The van der Waals surface area contributed by atoms with Gasteiger partial charge in [-0.1, -0.05) is 32.0 Å². The average Bonchev–Trinajstić information content (AvgIpc) is 2.98. The lowest BCUT2D eigenvalue weighted by Gasteiger charge is -2.40. The van der Waals surface area contributed by atoms with E-state index in [0.717, 1.165) is 18.2 Å². The molecule has 0 spiro atoms. The largest absolute Gasteiger partial charge is 0.444 e. The molecule has 0 bridgehead atoms. The number of piperazine rings is 1. The van der Waals surface area contributed by atoms with Crippen molar-refractivity contribution in [3.8, 4) is 0 Å². The van der Waals surface area contributed by atoms with E-state index in [-0.39, 0.29) is 30.5 Å². The molecule has 1 aromatic heterocycles. The first-order valence-electron chi connectivity index (χ1n) is 13.6. The zero-order chi connectivity index (χ0) is 28.7. The Morgan fingerprint density at radius 3 is 2.52 bits per heavy atom. The Kier molecular flexibility index (Phi) is 9.59. The third kappa shape index (κ3) is 6.71. The molecule has 5 rings (SSSR count). The Balaban J connectivity index is 0.00000151. The normalized spacial score (nSPS) is 19.4. The fourth-order valence-corrected chi connectivity index (χ4v) is 6.04. The fraction of sp³-hybridized carbons (Fsp3) is 0.414. The summed E-state index contributed by atoms with van der Waals surface area (Å²) in [5, 5.41) is 0.724. The van der Waals surface area contributed by atoms with Crippen molar-refractivity contribution in [1.82, 2.24) is 14.8 Å². The summed E-state index contributed by atoms with van der Waals surface area (Å²) in [6.45, 7) is 8.13. The lowest BCUT2D eigenvalue weighted by molar-refractivity contribution is -0.0324. The number of nitrogens with one attached hydrogen (secondary N) is 1. The fourth-order valence-electron chi connectivity index (χ4n) is 4.80. The maximum Gasteiger partial charge on any atom is 0.410 e. The molecule has 11 heteroatoms. The molecular formula is C29H38N4O6S. The van der Waals surface area contributed by atoms with Crippen molar-refractivity contribution in [1.29, 1.82) is 0 Å². The summed E-state index contributed by atoms with van der Waals surface area (Å²) in [6, 6.07) is 14.7. The monoisotopic (exact) mass is 570 g/mol. The molecule has 2 amide bonds. The number of ether oxygens (including phenoxy) is 2. The number of amides is 2. The minimum absolute atomic E-state index is 0. The maximum absolute atomic E-state index is 13.2. The second-order valence-corrected chi connectivity index (χ2v) is 11.2. The first kappa shape index (κ1) is 29.3. The Morgan fingerprint density at radius 1 is 1.07 bits per heavy atom. The van der Waals surface area contributed by atoms with Crippen molar-refractivity contribution in [2.24, 2.45) is 0 Å². The van der Waals surface area contributed by atoms with Crippen LogP contribution >= 0.6 is 0 Å². The van der Waals surface area contributed by atoms with E-state index in [1.807, 2.05) is 20.8 Å². The number of carbonyl (C=O) groups is 2. The number of nitrogens with zero attached hydrogens (tertiary/aromatic N) is 3. The first-order valence-corrected chi connectivity index (χ1v) is 15.1. The van der Waals surface area contributed by atoms with Gasteiger partial charge in [-0.3, -0.25) is 14.5 Å². The first-order chi connectivity index (χ1) is 19.3. The van der Waals surface area contributed by atoms with Gasteiger partial charge in [0.1, 0.15) is 11.0 Å². The minimum Gasteiger partial charge on any atom is -0.444 e. The topological polar surface area (TPSA) is 118 Å². The van der Waals surface area contributed by atoms with Crippen LogP contribution in [0.25, 0.3) is 10.9 Å². The Labute approximate surface area is 236 Å². The molecule has 0 saturated carbocycles. The highest BCUT2D eigenvalue weighted by Crippen LogP contribution is 2.24. The van der Waals surface area contributed by atoms with Crippen molar-refractivity contribution in [3.63, 3.8) is 0 Å². The van der Waals surface area contributed by atoms with Crippen LogP contribution in [0.5, 0.6) is 0 Å². The lowest BCUT2D eigenvalue weighted by atomic mass is 10.1.